The van der Waals surface area contributed by atoms with E-state index < -0.39 is 0 Å². The second kappa shape index (κ2) is 4.74. The second-order valence-electron chi connectivity index (χ2n) is 2.78. The molecule has 4 nitrogen and oxygen atoms in total. The predicted molar refractivity (Wildman–Crippen MR) is 54.6 cm³/mol. The topological polar surface area (TPSA) is 39.1 Å². The summed E-state index contributed by atoms with van der Waals surface area (Å²) in [6.45, 7) is 0.772. The standard InChI is InChI=1S/C8H14BrN3O/c1-10-5-7(13-3)8-6(9)4-11-12(8)2/h4,7,10H,5H2,1-3H3. The Morgan fingerprint density at radius 3 is 2.85 bits per heavy atom. The molecule has 1 unspecified atom stereocenters. The van der Waals surface area contributed by atoms with E-state index in [-0.39, 0.29) is 6.10 Å². The van der Waals surface area contributed by atoms with E-state index >= 15 is 0 Å². The molecule has 0 spiro atoms. The number of methoxy groups -OCH3 is 1. The van der Waals surface area contributed by atoms with E-state index in [1.165, 1.54) is 0 Å². The molecule has 0 fully saturated rings. The lowest BCUT2D eigenvalue weighted by Gasteiger charge is -2.15. The van der Waals surface area contributed by atoms with E-state index in [1.807, 2.05) is 18.8 Å². The highest BCUT2D eigenvalue weighted by atomic mass is 79.9. The summed E-state index contributed by atoms with van der Waals surface area (Å²) in [5.41, 5.74) is 1.05. The molecule has 0 saturated heterocycles. The molecule has 0 aliphatic carbocycles. The minimum atomic E-state index is 0.0341. The molecule has 1 aromatic heterocycles. The molecule has 1 N–H and O–H groups in total. The van der Waals surface area contributed by atoms with Crippen LogP contribution in [0.3, 0.4) is 0 Å². The van der Waals surface area contributed by atoms with Crippen molar-refractivity contribution in [1.29, 1.82) is 0 Å². The number of likely N-dealkylation sites (N-methyl/N-ethyl adjacent to an activating group) is 1. The number of rotatable bonds is 4. The largest absolute Gasteiger partial charge is 0.374 e. The maximum absolute atomic E-state index is 5.34. The Bertz CT molecular complexity index is 255. The molecule has 0 radical (unpaired) electrons. The van der Waals surface area contributed by atoms with Gasteiger partial charge in [0.2, 0.25) is 0 Å². The summed E-state index contributed by atoms with van der Waals surface area (Å²) >= 11 is 3.44. The van der Waals surface area contributed by atoms with Crippen molar-refractivity contribution in [3.05, 3.63) is 16.4 Å². The third-order valence-corrected chi connectivity index (χ3v) is 2.53. The van der Waals surface area contributed by atoms with Gasteiger partial charge >= 0.3 is 0 Å². The van der Waals surface area contributed by atoms with Crippen molar-refractivity contribution in [2.75, 3.05) is 20.7 Å². The van der Waals surface area contributed by atoms with Crippen molar-refractivity contribution < 1.29 is 4.74 Å². The summed E-state index contributed by atoms with van der Waals surface area (Å²) in [6.07, 6.45) is 1.81. The summed E-state index contributed by atoms with van der Waals surface area (Å²) in [5, 5.41) is 7.20. The van der Waals surface area contributed by atoms with Crippen LogP contribution < -0.4 is 5.32 Å². The number of ether oxygens (including phenoxy) is 1. The van der Waals surface area contributed by atoms with Crippen LogP contribution in [0.5, 0.6) is 0 Å². The van der Waals surface area contributed by atoms with Gasteiger partial charge in [0.25, 0.3) is 0 Å². The van der Waals surface area contributed by atoms with Crippen molar-refractivity contribution >= 4 is 15.9 Å². The average Bonchev–Trinajstić information content (AvgIpc) is 2.43. The number of halogens is 1. The number of hydrogen-bond acceptors (Lipinski definition) is 3. The molecular formula is C8H14BrN3O. The van der Waals surface area contributed by atoms with Crippen LogP contribution in [-0.2, 0) is 11.8 Å². The normalized spacial score (nSPS) is 13.2. The zero-order chi connectivity index (χ0) is 9.84. The fourth-order valence-corrected chi connectivity index (χ4v) is 1.86. The molecule has 0 aliphatic rings. The second-order valence-corrected chi connectivity index (χ2v) is 3.64. The Morgan fingerprint density at radius 2 is 2.46 bits per heavy atom. The lowest BCUT2D eigenvalue weighted by atomic mass is 10.2. The SMILES string of the molecule is CNCC(OC)c1c(Br)cnn1C. The smallest absolute Gasteiger partial charge is 0.112 e. The van der Waals surface area contributed by atoms with Crippen LogP contribution in [0.2, 0.25) is 0 Å². The van der Waals surface area contributed by atoms with Gasteiger partial charge in [-0.2, -0.15) is 5.10 Å². The van der Waals surface area contributed by atoms with E-state index in [0.29, 0.717) is 0 Å². The van der Waals surface area contributed by atoms with Crippen molar-refractivity contribution in [1.82, 2.24) is 15.1 Å². The van der Waals surface area contributed by atoms with Crippen LogP contribution in [0.15, 0.2) is 10.7 Å². The van der Waals surface area contributed by atoms with Crippen LogP contribution in [0.1, 0.15) is 11.8 Å². The quantitative estimate of drug-likeness (QED) is 0.866. The summed E-state index contributed by atoms with van der Waals surface area (Å²) in [7, 11) is 5.50. The van der Waals surface area contributed by atoms with Gasteiger partial charge in [-0.05, 0) is 23.0 Å². The molecule has 0 aliphatic heterocycles. The lowest BCUT2D eigenvalue weighted by molar-refractivity contribution is 0.0967. The fraction of sp³-hybridized carbons (Fsp3) is 0.625. The molecule has 13 heavy (non-hydrogen) atoms. The van der Waals surface area contributed by atoms with E-state index in [9.17, 15) is 0 Å². The Kier molecular flexibility index (Phi) is 3.90. The third kappa shape index (κ3) is 2.30. The lowest BCUT2D eigenvalue weighted by Crippen LogP contribution is -2.21. The third-order valence-electron chi connectivity index (χ3n) is 1.92. The number of nitrogens with zero attached hydrogens (tertiary/aromatic N) is 2. The van der Waals surface area contributed by atoms with Crippen molar-refractivity contribution in [3.63, 3.8) is 0 Å². The molecule has 5 heteroatoms. The number of aryl methyl sites for hydroxylation is 1. The number of nitrogens with one attached hydrogen (secondary N) is 1. The van der Waals surface area contributed by atoms with Gasteiger partial charge < -0.3 is 10.1 Å². The van der Waals surface area contributed by atoms with Gasteiger partial charge in [-0.3, -0.25) is 4.68 Å². The monoisotopic (exact) mass is 247 g/mol. The van der Waals surface area contributed by atoms with Crippen molar-refractivity contribution in [2.45, 2.75) is 6.10 Å². The molecule has 1 aromatic rings. The highest BCUT2D eigenvalue weighted by molar-refractivity contribution is 9.10. The summed E-state index contributed by atoms with van der Waals surface area (Å²) in [5.74, 6) is 0. The van der Waals surface area contributed by atoms with Gasteiger partial charge in [-0.25, -0.2) is 0 Å². The van der Waals surface area contributed by atoms with Crippen LogP contribution in [0, 0.1) is 0 Å². The average molecular weight is 248 g/mol. The molecule has 1 rings (SSSR count). The zero-order valence-corrected chi connectivity index (χ0v) is 9.63. The number of aromatic nitrogens is 2. The molecular weight excluding hydrogens is 234 g/mol. The van der Waals surface area contributed by atoms with Crippen molar-refractivity contribution in [3.8, 4) is 0 Å². The minimum absolute atomic E-state index is 0.0341. The fourth-order valence-electron chi connectivity index (χ4n) is 1.26. The maximum atomic E-state index is 5.34. The highest BCUT2D eigenvalue weighted by Gasteiger charge is 2.17. The first kappa shape index (κ1) is 10.7. The summed E-state index contributed by atoms with van der Waals surface area (Å²) in [6, 6.07) is 0. The highest BCUT2D eigenvalue weighted by Crippen LogP contribution is 2.24. The van der Waals surface area contributed by atoms with E-state index in [2.05, 4.69) is 26.3 Å². The Balaban J connectivity index is 2.89. The van der Waals surface area contributed by atoms with Crippen LogP contribution in [-0.4, -0.2) is 30.5 Å². The summed E-state index contributed by atoms with van der Waals surface area (Å²) in [4.78, 5) is 0. The number of hydrogen-bond donors (Lipinski definition) is 1. The zero-order valence-electron chi connectivity index (χ0n) is 8.04. The van der Waals surface area contributed by atoms with Crippen LogP contribution >= 0.6 is 15.9 Å². The van der Waals surface area contributed by atoms with Gasteiger partial charge in [-0.1, -0.05) is 0 Å². The van der Waals surface area contributed by atoms with E-state index in [4.69, 9.17) is 4.74 Å². The molecule has 0 amide bonds. The van der Waals surface area contributed by atoms with Crippen molar-refractivity contribution in [2.24, 2.45) is 7.05 Å². The molecule has 1 heterocycles. The first-order valence-corrected chi connectivity index (χ1v) is 4.84. The van der Waals surface area contributed by atoms with Gasteiger partial charge in [0.15, 0.2) is 0 Å². The predicted octanol–water partition coefficient (Wildman–Crippen LogP) is 1.09. The molecule has 0 saturated carbocycles. The molecule has 74 valence electrons. The Labute approximate surface area is 86.4 Å². The Morgan fingerprint density at radius 1 is 1.77 bits per heavy atom. The first-order valence-electron chi connectivity index (χ1n) is 4.05. The van der Waals surface area contributed by atoms with E-state index in [0.717, 1.165) is 16.7 Å². The first-order chi connectivity index (χ1) is 6.20. The van der Waals surface area contributed by atoms with Crippen LogP contribution in [0.25, 0.3) is 0 Å². The van der Waals surface area contributed by atoms with Gasteiger partial charge in [0, 0.05) is 20.7 Å². The van der Waals surface area contributed by atoms with Gasteiger partial charge in [-0.15, -0.1) is 0 Å². The molecule has 0 aromatic carbocycles. The van der Waals surface area contributed by atoms with E-state index in [1.54, 1.807) is 13.3 Å². The molecule has 0 bridgehead atoms. The summed E-state index contributed by atoms with van der Waals surface area (Å²) < 4.78 is 8.14. The maximum Gasteiger partial charge on any atom is 0.112 e. The van der Waals surface area contributed by atoms with Crippen LogP contribution in [0.4, 0.5) is 0 Å². The van der Waals surface area contributed by atoms with Gasteiger partial charge in [0.1, 0.15) is 6.10 Å². The minimum Gasteiger partial charge on any atom is -0.374 e. The Hall–Kier alpha value is -0.390. The molecule has 1 atom stereocenters. The van der Waals surface area contributed by atoms with Gasteiger partial charge in [0.05, 0.1) is 16.4 Å².